The summed E-state index contributed by atoms with van der Waals surface area (Å²) in [7, 11) is -3.49. The molecule has 0 aliphatic rings. The topological polar surface area (TPSA) is 62.0 Å². The number of hydrogen-bond donors (Lipinski definition) is 2. The molecular formula is C20H30N2O2S. The van der Waals surface area contributed by atoms with Crippen LogP contribution in [0.25, 0.3) is 0 Å². The minimum Gasteiger partial charge on any atom is -0.365 e. The molecule has 0 bridgehead atoms. The van der Waals surface area contributed by atoms with Crippen LogP contribution < -0.4 is 4.72 Å². The van der Waals surface area contributed by atoms with Crippen LogP contribution in [0, 0.1) is 6.92 Å². The fourth-order valence-electron chi connectivity index (χ4n) is 2.96. The summed E-state index contributed by atoms with van der Waals surface area (Å²) < 4.78 is 28.3. The average Bonchev–Trinajstić information content (AvgIpc) is 3.07. The Hall–Kier alpha value is -1.59. The van der Waals surface area contributed by atoms with Crippen LogP contribution in [0.5, 0.6) is 0 Å². The highest BCUT2D eigenvalue weighted by atomic mass is 32.2. The third-order valence-corrected chi connectivity index (χ3v) is 5.97. The van der Waals surface area contributed by atoms with Crippen LogP contribution in [-0.2, 0) is 16.4 Å². The third-order valence-electron chi connectivity index (χ3n) is 4.44. The van der Waals surface area contributed by atoms with Gasteiger partial charge in [0.15, 0.2) is 0 Å². The molecule has 0 saturated heterocycles. The molecule has 2 rings (SSSR count). The molecule has 2 aromatic rings. The maximum Gasteiger partial charge on any atom is 0.240 e. The highest BCUT2D eigenvalue weighted by Crippen LogP contribution is 2.15. The molecule has 4 nitrogen and oxygen atoms in total. The van der Waals surface area contributed by atoms with Gasteiger partial charge in [-0.2, -0.15) is 0 Å². The van der Waals surface area contributed by atoms with Gasteiger partial charge < -0.3 is 4.98 Å². The largest absolute Gasteiger partial charge is 0.365 e. The van der Waals surface area contributed by atoms with Crippen molar-refractivity contribution in [3.8, 4) is 0 Å². The van der Waals surface area contributed by atoms with Gasteiger partial charge in [0.05, 0.1) is 4.90 Å². The van der Waals surface area contributed by atoms with Crippen LogP contribution in [0.1, 0.15) is 56.7 Å². The predicted molar refractivity (Wildman–Crippen MR) is 103 cm³/mol. The van der Waals surface area contributed by atoms with Gasteiger partial charge >= 0.3 is 0 Å². The molecule has 1 atom stereocenters. The monoisotopic (exact) mass is 362 g/mol. The van der Waals surface area contributed by atoms with Crippen molar-refractivity contribution in [2.24, 2.45) is 0 Å². The Balaban J connectivity index is 2.01. The molecule has 1 unspecified atom stereocenters. The molecule has 1 aromatic carbocycles. The number of aryl methyl sites for hydroxylation is 1. The van der Waals surface area contributed by atoms with Crippen molar-refractivity contribution in [1.29, 1.82) is 0 Å². The van der Waals surface area contributed by atoms with E-state index in [1.165, 1.54) is 19.3 Å². The van der Waals surface area contributed by atoms with Crippen molar-refractivity contribution >= 4 is 10.0 Å². The van der Waals surface area contributed by atoms with Crippen LogP contribution in [0.4, 0.5) is 0 Å². The lowest BCUT2D eigenvalue weighted by Crippen LogP contribution is -2.36. The summed E-state index contributed by atoms with van der Waals surface area (Å²) in [5, 5.41) is 0. The number of benzene rings is 1. The van der Waals surface area contributed by atoms with Gasteiger partial charge in [-0.3, -0.25) is 0 Å². The van der Waals surface area contributed by atoms with E-state index in [0.29, 0.717) is 11.3 Å². The van der Waals surface area contributed by atoms with Gasteiger partial charge in [-0.25, -0.2) is 13.1 Å². The van der Waals surface area contributed by atoms with E-state index in [9.17, 15) is 8.42 Å². The van der Waals surface area contributed by atoms with Crippen molar-refractivity contribution in [3.05, 3.63) is 53.9 Å². The van der Waals surface area contributed by atoms with Crippen LogP contribution in [0.15, 0.2) is 47.5 Å². The van der Waals surface area contributed by atoms with Gasteiger partial charge in [-0.1, -0.05) is 56.7 Å². The normalized spacial score (nSPS) is 13.0. The lowest BCUT2D eigenvalue weighted by molar-refractivity contribution is 0.492. The van der Waals surface area contributed by atoms with Crippen molar-refractivity contribution in [2.45, 2.75) is 69.7 Å². The zero-order valence-corrected chi connectivity index (χ0v) is 16.1. The molecule has 0 aliphatic heterocycles. The number of rotatable bonds is 11. The number of hydrogen-bond acceptors (Lipinski definition) is 2. The van der Waals surface area contributed by atoms with Crippen LogP contribution >= 0.6 is 0 Å². The van der Waals surface area contributed by atoms with Crippen LogP contribution in [0.2, 0.25) is 0 Å². The fraction of sp³-hybridized carbons (Fsp3) is 0.500. The summed E-state index contributed by atoms with van der Waals surface area (Å²) in [6.45, 7) is 4.15. The van der Waals surface area contributed by atoms with E-state index in [-0.39, 0.29) is 6.04 Å². The van der Waals surface area contributed by atoms with E-state index >= 15 is 0 Å². The first kappa shape index (κ1) is 19.7. The van der Waals surface area contributed by atoms with Crippen molar-refractivity contribution in [1.82, 2.24) is 9.71 Å². The molecule has 1 aromatic heterocycles. The van der Waals surface area contributed by atoms with Crippen LogP contribution in [-0.4, -0.2) is 19.4 Å². The summed E-state index contributed by atoms with van der Waals surface area (Å²) in [4.78, 5) is 3.51. The van der Waals surface area contributed by atoms with Crippen molar-refractivity contribution in [3.63, 3.8) is 0 Å². The van der Waals surface area contributed by atoms with E-state index in [0.717, 1.165) is 30.5 Å². The van der Waals surface area contributed by atoms with Crippen LogP contribution in [0.3, 0.4) is 0 Å². The molecule has 25 heavy (non-hydrogen) atoms. The second kappa shape index (κ2) is 9.78. The smallest absolute Gasteiger partial charge is 0.240 e. The number of aromatic amines is 1. The first-order valence-electron chi connectivity index (χ1n) is 9.22. The Bertz CT molecular complexity index is 707. The lowest BCUT2D eigenvalue weighted by atomic mass is 10.0. The highest BCUT2D eigenvalue weighted by molar-refractivity contribution is 7.89. The minimum absolute atomic E-state index is 0.0911. The fourth-order valence-corrected chi connectivity index (χ4v) is 4.23. The molecule has 0 spiro atoms. The molecule has 2 N–H and O–H groups in total. The number of unbranched alkanes of at least 4 members (excludes halogenated alkanes) is 4. The Kier molecular flexibility index (Phi) is 7.72. The van der Waals surface area contributed by atoms with Gasteiger partial charge in [0.25, 0.3) is 0 Å². The Morgan fingerprint density at radius 2 is 1.76 bits per heavy atom. The zero-order valence-electron chi connectivity index (χ0n) is 15.3. The van der Waals surface area contributed by atoms with Crippen molar-refractivity contribution < 1.29 is 8.42 Å². The Labute approximate surface area is 152 Å². The summed E-state index contributed by atoms with van der Waals surface area (Å²) >= 11 is 0. The Morgan fingerprint density at radius 3 is 2.40 bits per heavy atom. The van der Waals surface area contributed by atoms with Gasteiger partial charge in [-0.15, -0.1) is 0 Å². The zero-order chi connectivity index (χ0) is 18.1. The molecule has 5 heteroatoms. The van der Waals surface area contributed by atoms with E-state index in [4.69, 9.17) is 0 Å². The lowest BCUT2D eigenvalue weighted by Gasteiger charge is -2.18. The molecule has 0 saturated carbocycles. The number of nitrogens with one attached hydrogen (secondary N) is 2. The maximum absolute atomic E-state index is 12.7. The maximum atomic E-state index is 12.7. The SMILES string of the molecule is CCCCCCCC(Cc1ccc[nH]1)NS(=O)(=O)c1ccc(C)cc1. The van der Waals surface area contributed by atoms with E-state index in [1.807, 2.05) is 37.4 Å². The molecule has 138 valence electrons. The summed E-state index contributed by atoms with van der Waals surface area (Å²) in [5.41, 5.74) is 2.11. The van der Waals surface area contributed by atoms with E-state index in [1.54, 1.807) is 12.1 Å². The second-order valence-electron chi connectivity index (χ2n) is 6.73. The summed E-state index contributed by atoms with van der Waals surface area (Å²) in [5.74, 6) is 0. The van der Waals surface area contributed by atoms with Gasteiger partial charge in [-0.05, 0) is 37.6 Å². The number of H-pyrrole nitrogens is 1. The number of sulfonamides is 1. The first-order chi connectivity index (χ1) is 12.0. The quantitative estimate of drug-likeness (QED) is 0.575. The average molecular weight is 363 g/mol. The number of aromatic nitrogens is 1. The predicted octanol–water partition coefficient (Wildman–Crippen LogP) is 4.57. The molecule has 0 aliphatic carbocycles. The molecule has 0 radical (unpaired) electrons. The summed E-state index contributed by atoms with van der Waals surface area (Å²) in [6, 6.07) is 10.9. The van der Waals surface area contributed by atoms with Gasteiger partial charge in [0.1, 0.15) is 0 Å². The molecule has 0 fully saturated rings. The van der Waals surface area contributed by atoms with E-state index in [2.05, 4.69) is 16.6 Å². The Morgan fingerprint density at radius 1 is 1.04 bits per heavy atom. The van der Waals surface area contributed by atoms with E-state index < -0.39 is 10.0 Å². The molecule has 0 amide bonds. The molecular weight excluding hydrogens is 332 g/mol. The standard InChI is InChI=1S/C20H30N2O2S/c1-3-4-5-6-7-9-19(16-18-10-8-15-21-18)22-25(23,24)20-13-11-17(2)12-14-20/h8,10-15,19,21-22H,3-7,9,16H2,1-2H3. The molecule has 1 heterocycles. The first-order valence-corrected chi connectivity index (χ1v) is 10.7. The van der Waals surface area contributed by atoms with Gasteiger partial charge in [0, 0.05) is 24.4 Å². The van der Waals surface area contributed by atoms with Crippen molar-refractivity contribution in [2.75, 3.05) is 0 Å². The third kappa shape index (κ3) is 6.67. The van der Waals surface area contributed by atoms with Gasteiger partial charge in [0.2, 0.25) is 10.0 Å². The highest BCUT2D eigenvalue weighted by Gasteiger charge is 2.20. The second-order valence-corrected chi connectivity index (χ2v) is 8.45. The minimum atomic E-state index is -3.49. The summed E-state index contributed by atoms with van der Waals surface area (Å²) in [6.07, 6.45) is 9.30.